The van der Waals surface area contributed by atoms with Gasteiger partial charge < -0.3 is 15.7 Å². The fraction of sp³-hybridized carbons (Fsp3) is 0.750. The fourth-order valence-corrected chi connectivity index (χ4v) is 0.702. The highest BCUT2D eigenvalue weighted by atomic mass is 16.3. The van der Waals surface area contributed by atoms with E-state index >= 15 is 0 Å². The van der Waals surface area contributed by atoms with Gasteiger partial charge in [-0.15, -0.1) is 0 Å². The molecule has 5 heteroatoms. The summed E-state index contributed by atoms with van der Waals surface area (Å²) in [5, 5.41) is 13.8. The summed E-state index contributed by atoms with van der Waals surface area (Å²) < 4.78 is 0. The number of carbonyl (C=O) groups excluding carboxylic acids is 2. The van der Waals surface area contributed by atoms with Crippen LogP contribution in [0.4, 0.5) is 0 Å². The molecule has 0 unspecified atom stereocenters. The van der Waals surface area contributed by atoms with Crippen LogP contribution >= 0.6 is 0 Å². The van der Waals surface area contributed by atoms with Crippen molar-refractivity contribution in [1.82, 2.24) is 10.6 Å². The predicted octanol–water partition coefficient (Wildman–Crippen LogP) is -0.990. The quantitative estimate of drug-likeness (QED) is 0.518. The number of nitrogens with one attached hydrogen (secondary N) is 2. The van der Waals surface area contributed by atoms with Crippen molar-refractivity contribution in [3.8, 4) is 0 Å². The Morgan fingerprint density at radius 3 is 2.46 bits per heavy atom. The van der Waals surface area contributed by atoms with Gasteiger partial charge in [-0.3, -0.25) is 9.59 Å². The fourth-order valence-electron chi connectivity index (χ4n) is 0.702. The average molecular weight is 188 g/mol. The lowest BCUT2D eigenvalue weighted by Crippen LogP contribution is -2.33. The number of hydrogen-bond donors (Lipinski definition) is 3. The topological polar surface area (TPSA) is 78.4 Å². The molecule has 0 aromatic heterocycles. The van der Waals surface area contributed by atoms with Gasteiger partial charge in [-0.1, -0.05) is 0 Å². The summed E-state index contributed by atoms with van der Waals surface area (Å²) in [6, 6.07) is 0. The minimum absolute atomic E-state index is 0.150. The molecule has 0 radical (unpaired) electrons. The average Bonchev–Trinajstić information content (AvgIpc) is 2.00. The van der Waals surface area contributed by atoms with E-state index in [-0.39, 0.29) is 24.8 Å². The number of hydrogen-bond acceptors (Lipinski definition) is 3. The molecule has 76 valence electrons. The molecule has 0 saturated heterocycles. The summed E-state index contributed by atoms with van der Waals surface area (Å²) in [7, 11) is 0. The van der Waals surface area contributed by atoms with Crippen LogP contribution in [0.3, 0.4) is 0 Å². The monoisotopic (exact) mass is 188 g/mol. The van der Waals surface area contributed by atoms with Gasteiger partial charge in [0.2, 0.25) is 11.8 Å². The maximum atomic E-state index is 11.0. The maximum absolute atomic E-state index is 11.0. The summed E-state index contributed by atoms with van der Waals surface area (Å²) in [6.07, 6.45) is -0.295. The molecular formula is C8H16N2O3. The molecule has 13 heavy (non-hydrogen) atoms. The van der Waals surface area contributed by atoms with Gasteiger partial charge in [0.1, 0.15) is 0 Å². The number of rotatable bonds is 5. The Labute approximate surface area is 77.5 Å². The largest absolute Gasteiger partial charge is 0.392 e. The number of aliphatic hydroxyl groups excluding tert-OH is 1. The molecular weight excluding hydrogens is 172 g/mol. The van der Waals surface area contributed by atoms with Gasteiger partial charge in [-0.25, -0.2) is 0 Å². The lowest BCUT2D eigenvalue weighted by molar-refractivity contribution is -0.121. The Kier molecular flexibility index (Phi) is 5.88. The number of aliphatic hydroxyl groups is 1. The van der Waals surface area contributed by atoms with Gasteiger partial charge in [0, 0.05) is 26.4 Å². The van der Waals surface area contributed by atoms with Crippen molar-refractivity contribution in [2.45, 2.75) is 26.4 Å². The molecule has 0 aliphatic rings. The predicted molar refractivity (Wildman–Crippen MR) is 48.0 cm³/mol. The second-order valence-electron chi connectivity index (χ2n) is 2.89. The van der Waals surface area contributed by atoms with E-state index < -0.39 is 6.10 Å². The minimum Gasteiger partial charge on any atom is -0.392 e. The van der Waals surface area contributed by atoms with Crippen LogP contribution < -0.4 is 10.6 Å². The molecule has 3 N–H and O–H groups in total. The first kappa shape index (κ1) is 11.9. The zero-order chi connectivity index (χ0) is 10.3. The van der Waals surface area contributed by atoms with E-state index in [1.54, 1.807) is 6.92 Å². The lowest BCUT2D eigenvalue weighted by atomic mass is 10.3. The van der Waals surface area contributed by atoms with Gasteiger partial charge in [0.25, 0.3) is 0 Å². The zero-order valence-electron chi connectivity index (χ0n) is 7.96. The van der Waals surface area contributed by atoms with Crippen molar-refractivity contribution in [3.05, 3.63) is 0 Å². The van der Waals surface area contributed by atoms with Crippen LogP contribution in [-0.2, 0) is 9.59 Å². The Morgan fingerprint density at radius 1 is 1.38 bits per heavy atom. The first-order valence-corrected chi connectivity index (χ1v) is 4.21. The van der Waals surface area contributed by atoms with E-state index in [2.05, 4.69) is 10.6 Å². The molecule has 5 nitrogen and oxygen atoms in total. The highest BCUT2D eigenvalue weighted by Gasteiger charge is 2.02. The summed E-state index contributed by atoms with van der Waals surface area (Å²) in [5.41, 5.74) is 0. The van der Waals surface area contributed by atoms with E-state index in [1.165, 1.54) is 6.92 Å². The van der Waals surface area contributed by atoms with Gasteiger partial charge in [-0.2, -0.15) is 0 Å². The molecule has 0 heterocycles. The summed E-state index contributed by atoms with van der Waals surface area (Å²) in [4.78, 5) is 21.4. The Balaban J connectivity index is 3.35. The smallest absolute Gasteiger partial charge is 0.221 e. The third-order valence-corrected chi connectivity index (χ3v) is 1.32. The first-order chi connectivity index (χ1) is 6.02. The molecule has 0 aliphatic heterocycles. The summed E-state index contributed by atoms with van der Waals surface area (Å²) in [5.74, 6) is -0.321. The van der Waals surface area contributed by atoms with E-state index in [4.69, 9.17) is 5.11 Å². The first-order valence-electron chi connectivity index (χ1n) is 4.21. The normalized spacial score (nSPS) is 11.9. The molecule has 0 fully saturated rings. The number of carbonyl (C=O) groups is 2. The van der Waals surface area contributed by atoms with Crippen LogP contribution in [0.15, 0.2) is 0 Å². The van der Waals surface area contributed by atoms with E-state index in [0.717, 1.165) is 0 Å². The highest BCUT2D eigenvalue weighted by molar-refractivity contribution is 5.77. The summed E-state index contributed by atoms with van der Waals surface area (Å²) >= 11 is 0. The van der Waals surface area contributed by atoms with Crippen molar-refractivity contribution in [2.75, 3.05) is 13.1 Å². The molecule has 0 rings (SSSR count). The second kappa shape index (κ2) is 6.42. The molecule has 1 atom stereocenters. The minimum atomic E-state index is -0.537. The number of amides is 2. The van der Waals surface area contributed by atoms with Crippen LogP contribution in [0, 0.1) is 0 Å². The van der Waals surface area contributed by atoms with Crippen LogP contribution in [0.25, 0.3) is 0 Å². The van der Waals surface area contributed by atoms with Crippen molar-refractivity contribution in [2.24, 2.45) is 0 Å². The zero-order valence-corrected chi connectivity index (χ0v) is 7.96. The van der Waals surface area contributed by atoms with Gasteiger partial charge >= 0.3 is 0 Å². The maximum Gasteiger partial charge on any atom is 0.221 e. The lowest BCUT2D eigenvalue weighted by Gasteiger charge is -2.06. The van der Waals surface area contributed by atoms with Crippen LogP contribution in [0.5, 0.6) is 0 Å². The molecule has 0 aliphatic carbocycles. The molecule has 0 aromatic rings. The van der Waals surface area contributed by atoms with Crippen molar-refractivity contribution in [1.29, 1.82) is 0 Å². The van der Waals surface area contributed by atoms with Crippen molar-refractivity contribution < 1.29 is 14.7 Å². The Hall–Kier alpha value is -1.10. The molecule has 2 amide bonds. The molecule has 0 saturated carbocycles. The van der Waals surface area contributed by atoms with E-state index in [0.29, 0.717) is 6.54 Å². The van der Waals surface area contributed by atoms with Crippen molar-refractivity contribution >= 4 is 11.8 Å². The summed E-state index contributed by atoms with van der Waals surface area (Å²) in [6.45, 7) is 3.57. The second-order valence-corrected chi connectivity index (χ2v) is 2.89. The molecule has 0 spiro atoms. The SMILES string of the molecule is CC(=O)NCCC(=O)NC[C@H](C)O. The van der Waals surface area contributed by atoms with E-state index in [1.807, 2.05) is 0 Å². The van der Waals surface area contributed by atoms with Crippen LogP contribution in [0.2, 0.25) is 0 Å². The standard InChI is InChI=1S/C8H16N2O3/c1-6(11)5-10-8(13)3-4-9-7(2)12/h6,11H,3-5H2,1-2H3,(H,9,12)(H,10,13)/t6-/m0/s1. The third-order valence-electron chi connectivity index (χ3n) is 1.32. The molecule has 0 aromatic carbocycles. The van der Waals surface area contributed by atoms with Crippen molar-refractivity contribution in [3.63, 3.8) is 0 Å². The molecule has 0 bridgehead atoms. The Bertz CT molecular complexity index is 180. The van der Waals surface area contributed by atoms with Gasteiger partial charge in [0.15, 0.2) is 0 Å². The Morgan fingerprint density at radius 2 is 2.00 bits per heavy atom. The highest BCUT2D eigenvalue weighted by Crippen LogP contribution is 1.80. The third kappa shape index (κ3) is 8.81. The van der Waals surface area contributed by atoms with Gasteiger partial charge in [-0.05, 0) is 6.92 Å². The van der Waals surface area contributed by atoms with Gasteiger partial charge in [0.05, 0.1) is 6.10 Å². The van der Waals surface area contributed by atoms with Crippen LogP contribution in [0.1, 0.15) is 20.3 Å². The van der Waals surface area contributed by atoms with E-state index in [9.17, 15) is 9.59 Å². The van der Waals surface area contributed by atoms with Crippen LogP contribution in [-0.4, -0.2) is 36.1 Å².